The number of hydrogen-bond donors (Lipinski definition) is 0. The van der Waals surface area contributed by atoms with Crippen LogP contribution in [0.15, 0.2) is 53.6 Å². The molecular weight excluding hydrogens is 448 g/mol. The fourth-order valence-corrected chi connectivity index (χ4v) is 5.04. The predicted octanol–water partition coefficient (Wildman–Crippen LogP) is 3.92. The number of aromatic nitrogens is 1. The lowest BCUT2D eigenvalue weighted by atomic mass is 10.1. The molecule has 0 atom stereocenters. The molecule has 5 nitrogen and oxygen atoms in total. The van der Waals surface area contributed by atoms with Crippen molar-refractivity contribution in [1.29, 1.82) is 0 Å². The van der Waals surface area contributed by atoms with Gasteiger partial charge in [-0.05, 0) is 61.5 Å². The topological polar surface area (TPSA) is 45.6 Å². The van der Waals surface area contributed by atoms with E-state index in [4.69, 9.17) is 0 Å². The number of hydrogen-bond acceptors (Lipinski definition) is 4. The van der Waals surface area contributed by atoms with E-state index in [-0.39, 0.29) is 35.5 Å². The maximum absolute atomic E-state index is 13.4. The molecule has 0 spiro atoms. The van der Waals surface area contributed by atoms with E-state index in [1.165, 1.54) is 28.4 Å². The van der Waals surface area contributed by atoms with Crippen molar-refractivity contribution in [3.05, 3.63) is 65.6 Å². The van der Waals surface area contributed by atoms with Gasteiger partial charge in [0.05, 0.1) is 10.4 Å². The molecule has 164 valence electrons. The Balaban J connectivity index is 0.00000160. The average molecular weight is 474 g/mol. The highest BCUT2D eigenvalue weighted by Crippen LogP contribution is 2.25. The number of fused-ring (bicyclic) bond motifs is 1. The fourth-order valence-electron chi connectivity index (χ4n) is 3.64. The van der Waals surface area contributed by atoms with Gasteiger partial charge < -0.3 is 4.90 Å². The van der Waals surface area contributed by atoms with Crippen molar-refractivity contribution in [2.75, 3.05) is 33.2 Å². The Bertz CT molecular complexity index is 1130. The molecule has 0 aliphatic carbocycles. The SMILES string of the molecule is Cc1ccc(S(=O)(=O)n2ccc3cc(F)ccc32)cc1CN1CCN(C)CC1.Cl.Cl. The molecule has 1 aliphatic rings. The summed E-state index contributed by atoms with van der Waals surface area (Å²) in [5.74, 6) is -0.382. The molecule has 1 saturated heterocycles. The zero-order valence-corrected chi connectivity index (χ0v) is 19.4. The molecule has 0 radical (unpaired) electrons. The number of halogens is 3. The standard InChI is InChI=1S/C21H24FN3O2S.2ClH/c1-16-3-5-20(14-18(16)15-24-11-9-23(2)10-12-24)28(26,27)25-8-7-17-13-19(22)4-6-21(17)25;;/h3-8,13-14H,9-12,15H2,1-2H3;2*1H. The van der Waals surface area contributed by atoms with Gasteiger partial charge >= 0.3 is 0 Å². The van der Waals surface area contributed by atoms with Crippen molar-refractivity contribution >= 4 is 45.7 Å². The van der Waals surface area contributed by atoms with Crippen LogP contribution in [0, 0.1) is 12.7 Å². The Morgan fingerprint density at radius 3 is 2.37 bits per heavy atom. The van der Waals surface area contributed by atoms with Crippen LogP contribution in [0.1, 0.15) is 11.1 Å². The largest absolute Gasteiger partial charge is 0.304 e. The number of piperazine rings is 1. The van der Waals surface area contributed by atoms with Crippen LogP contribution >= 0.6 is 24.8 Å². The van der Waals surface area contributed by atoms with Crippen LogP contribution in [-0.4, -0.2) is 55.4 Å². The second-order valence-electron chi connectivity index (χ2n) is 7.49. The normalized spacial score (nSPS) is 15.6. The zero-order valence-electron chi connectivity index (χ0n) is 16.9. The molecule has 9 heteroatoms. The number of rotatable bonds is 4. The Morgan fingerprint density at radius 2 is 1.67 bits per heavy atom. The lowest BCUT2D eigenvalue weighted by Gasteiger charge is -2.32. The number of benzene rings is 2. The van der Waals surface area contributed by atoms with E-state index in [2.05, 4.69) is 16.8 Å². The van der Waals surface area contributed by atoms with Crippen molar-refractivity contribution < 1.29 is 12.8 Å². The first-order valence-corrected chi connectivity index (χ1v) is 10.8. The van der Waals surface area contributed by atoms with Gasteiger partial charge in [-0.15, -0.1) is 24.8 Å². The molecule has 0 amide bonds. The van der Waals surface area contributed by atoms with Crippen molar-refractivity contribution in [3.8, 4) is 0 Å². The minimum atomic E-state index is -3.76. The summed E-state index contributed by atoms with van der Waals surface area (Å²) < 4.78 is 41.2. The number of likely N-dealkylation sites (N-methyl/N-ethyl adjacent to an activating group) is 1. The molecule has 1 aromatic heterocycles. The molecule has 1 fully saturated rings. The molecule has 1 aliphatic heterocycles. The van der Waals surface area contributed by atoms with Crippen molar-refractivity contribution in [2.45, 2.75) is 18.4 Å². The second kappa shape index (κ2) is 9.66. The van der Waals surface area contributed by atoms with Gasteiger partial charge in [-0.25, -0.2) is 16.8 Å². The van der Waals surface area contributed by atoms with Crippen LogP contribution in [0.3, 0.4) is 0 Å². The Morgan fingerprint density at radius 1 is 0.967 bits per heavy atom. The summed E-state index contributed by atoms with van der Waals surface area (Å²) >= 11 is 0. The van der Waals surface area contributed by atoms with E-state index in [0.717, 1.165) is 43.9 Å². The first kappa shape index (κ1) is 24.6. The number of nitrogens with zero attached hydrogens (tertiary/aromatic N) is 3. The summed E-state index contributed by atoms with van der Waals surface area (Å²) in [4.78, 5) is 4.90. The van der Waals surface area contributed by atoms with E-state index in [0.29, 0.717) is 10.9 Å². The molecule has 30 heavy (non-hydrogen) atoms. The van der Waals surface area contributed by atoms with E-state index in [9.17, 15) is 12.8 Å². The van der Waals surface area contributed by atoms with E-state index >= 15 is 0 Å². The third-order valence-electron chi connectivity index (χ3n) is 5.48. The third kappa shape index (κ3) is 4.81. The van der Waals surface area contributed by atoms with E-state index < -0.39 is 10.0 Å². The quantitative estimate of drug-likeness (QED) is 0.575. The van der Waals surface area contributed by atoms with Gasteiger partial charge in [-0.1, -0.05) is 6.07 Å². The summed E-state index contributed by atoms with van der Waals surface area (Å²) in [5, 5.41) is 0.563. The van der Waals surface area contributed by atoms with E-state index in [1.807, 2.05) is 13.0 Å². The molecule has 2 heterocycles. The monoisotopic (exact) mass is 473 g/mol. The summed E-state index contributed by atoms with van der Waals surface area (Å²) in [6.45, 7) is 6.73. The van der Waals surface area contributed by atoms with Crippen LogP contribution in [0.5, 0.6) is 0 Å². The first-order valence-electron chi connectivity index (χ1n) is 9.37. The van der Waals surface area contributed by atoms with E-state index in [1.54, 1.807) is 18.2 Å². The van der Waals surface area contributed by atoms with Crippen LogP contribution in [0.25, 0.3) is 10.9 Å². The van der Waals surface area contributed by atoms with Gasteiger partial charge in [0.25, 0.3) is 10.0 Å². The average Bonchev–Trinajstić information content (AvgIpc) is 3.09. The van der Waals surface area contributed by atoms with Crippen LogP contribution in [0.2, 0.25) is 0 Å². The summed E-state index contributed by atoms with van der Waals surface area (Å²) in [6.07, 6.45) is 1.49. The molecular formula is C21H26Cl2FN3O2S. The lowest BCUT2D eigenvalue weighted by molar-refractivity contribution is 0.148. The molecule has 0 saturated carbocycles. The Hall–Kier alpha value is -1.64. The van der Waals surface area contributed by atoms with Gasteiger partial charge in [0.15, 0.2) is 0 Å². The van der Waals surface area contributed by atoms with Gasteiger partial charge in [-0.3, -0.25) is 4.90 Å². The Kier molecular flexibility index (Phi) is 7.93. The highest BCUT2D eigenvalue weighted by Gasteiger charge is 2.21. The minimum absolute atomic E-state index is 0. The molecule has 2 aromatic carbocycles. The van der Waals surface area contributed by atoms with Gasteiger partial charge in [0, 0.05) is 44.3 Å². The third-order valence-corrected chi connectivity index (χ3v) is 7.17. The maximum Gasteiger partial charge on any atom is 0.268 e. The Labute approximate surface area is 189 Å². The molecule has 0 N–H and O–H groups in total. The highest BCUT2D eigenvalue weighted by molar-refractivity contribution is 7.90. The van der Waals surface area contributed by atoms with Crippen molar-refractivity contribution in [2.24, 2.45) is 0 Å². The van der Waals surface area contributed by atoms with Crippen molar-refractivity contribution in [3.63, 3.8) is 0 Å². The minimum Gasteiger partial charge on any atom is -0.304 e. The van der Waals surface area contributed by atoms with Crippen LogP contribution in [0.4, 0.5) is 4.39 Å². The number of aryl methyl sites for hydroxylation is 1. The summed E-state index contributed by atoms with van der Waals surface area (Å²) in [6, 6.07) is 11.0. The highest BCUT2D eigenvalue weighted by atomic mass is 35.5. The van der Waals surface area contributed by atoms with Crippen molar-refractivity contribution in [1.82, 2.24) is 13.8 Å². The van der Waals surface area contributed by atoms with Crippen LogP contribution in [-0.2, 0) is 16.6 Å². The van der Waals surface area contributed by atoms with Gasteiger partial charge in [-0.2, -0.15) is 0 Å². The zero-order chi connectivity index (χ0) is 19.9. The maximum atomic E-state index is 13.4. The summed E-state index contributed by atoms with van der Waals surface area (Å²) in [7, 11) is -1.64. The first-order chi connectivity index (χ1) is 13.3. The predicted molar refractivity (Wildman–Crippen MR) is 123 cm³/mol. The fraction of sp³-hybridized carbons (Fsp3) is 0.333. The smallest absolute Gasteiger partial charge is 0.268 e. The molecule has 0 unspecified atom stereocenters. The molecule has 4 rings (SSSR count). The second-order valence-corrected chi connectivity index (χ2v) is 9.30. The molecule has 0 bridgehead atoms. The summed E-state index contributed by atoms with van der Waals surface area (Å²) in [5.41, 5.74) is 2.58. The van der Waals surface area contributed by atoms with Crippen LogP contribution < -0.4 is 0 Å². The van der Waals surface area contributed by atoms with Gasteiger partial charge in [0.2, 0.25) is 0 Å². The molecule has 3 aromatic rings. The van der Waals surface area contributed by atoms with Gasteiger partial charge in [0.1, 0.15) is 5.82 Å². The lowest BCUT2D eigenvalue weighted by Crippen LogP contribution is -2.44.